The number of methoxy groups -OCH3 is 1. The van der Waals surface area contributed by atoms with Crippen LogP contribution in [0.3, 0.4) is 0 Å². The maximum Gasteiger partial charge on any atom is 0.274 e. The zero-order chi connectivity index (χ0) is 29.7. The summed E-state index contributed by atoms with van der Waals surface area (Å²) in [6, 6.07) is 11.8. The van der Waals surface area contributed by atoms with Gasteiger partial charge in [0, 0.05) is 48.9 Å². The van der Waals surface area contributed by atoms with Crippen LogP contribution in [-0.2, 0) is 27.3 Å². The summed E-state index contributed by atoms with van der Waals surface area (Å²) in [6.45, 7) is 8.25. The van der Waals surface area contributed by atoms with Gasteiger partial charge in [0.25, 0.3) is 5.91 Å². The highest BCUT2D eigenvalue weighted by molar-refractivity contribution is 7.15. The molecule has 11 heteroatoms. The van der Waals surface area contributed by atoms with E-state index in [-0.39, 0.29) is 31.1 Å². The number of aromatic nitrogens is 1. The summed E-state index contributed by atoms with van der Waals surface area (Å²) in [5.41, 5.74) is 1.39. The van der Waals surface area contributed by atoms with Gasteiger partial charge >= 0.3 is 0 Å². The van der Waals surface area contributed by atoms with Crippen LogP contribution in [-0.4, -0.2) is 71.3 Å². The first-order chi connectivity index (χ1) is 19.5. The number of thiophene rings is 1. The maximum atomic E-state index is 13.8. The first-order valence-electron chi connectivity index (χ1n) is 13.6. The molecule has 4 rings (SSSR count). The van der Waals surface area contributed by atoms with Crippen molar-refractivity contribution in [2.45, 2.75) is 65.3 Å². The number of benzene rings is 1. The standard InChI is InChI=1S/C30H38N4O6S/c1-18-6-11-25(41-18)20-9-7-19(8-10-20)16-31-28(37)24-14-21(35)17-34(24)29(38)26(30(2,3)4)32-27(36)23-15-22(40-33-23)12-13-39-5/h6-11,15,21,24,26,35H,12-14,16-17H2,1-5H3,(H,31,37)(H,32,36)/t21-,24+,26-/m1/s1. The molecule has 0 radical (unpaired) electrons. The molecule has 2 aromatic heterocycles. The second-order valence-corrected chi connectivity index (χ2v) is 12.7. The molecule has 0 unspecified atom stereocenters. The van der Waals surface area contributed by atoms with Crippen LogP contribution in [0.1, 0.15) is 53.9 Å². The Kier molecular flexibility index (Phi) is 9.62. The first kappa shape index (κ1) is 30.4. The Morgan fingerprint density at radius 1 is 1.20 bits per heavy atom. The van der Waals surface area contributed by atoms with E-state index in [1.807, 2.05) is 45.0 Å². The number of likely N-dealkylation sites (tertiary alicyclic amines) is 1. The molecular formula is C30H38N4O6S. The molecule has 0 saturated carbocycles. The molecule has 41 heavy (non-hydrogen) atoms. The Morgan fingerprint density at radius 3 is 2.56 bits per heavy atom. The van der Waals surface area contributed by atoms with E-state index >= 15 is 0 Å². The summed E-state index contributed by atoms with van der Waals surface area (Å²) in [4.78, 5) is 43.8. The van der Waals surface area contributed by atoms with Crippen LogP contribution in [0, 0.1) is 12.3 Å². The van der Waals surface area contributed by atoms with Crippen molar-refractivity contribution in [1.29, 1.82) is 0 Å². The highest BCUT2D eigenvalue weighted by Gasteiger charge is 2.44. The van der Waals surface area contributed by atoms with E-state index in [4.69, 9.17) is 9.26 Å². The van der Waals surface area contributed by atoms with E-state index in [1.54, 1.807) is 18.4 Å². The largest absolute Gasteiger partial charge is 0.391 e. The van der Waals surface area contributed by atoms with E-state index in [0.29, 0.717) is 18.8 Å². The van der Waals surface area contributed by atoms with Crippen LogP contribution in [0.2, 0.25) is 0 Å². The normalized spacial score (nSPS) is 17.9. The molecule has 0 aliphatic carbocycles. The number of aryl methyl sites for hydroxylation is 1. The molecule has 220 valence electrons. The van der Waals surface area contributed by atoms with Gasteiger partial charge in [0.05, 0.1) is 12.7 Å². The molecule has 0 bridgehead atoms. The third kappa shape index (κ3) is 7.60. The number of nitrogens with one attached hydrogen (secondary N) is 2. The van der Waals surface area contributed by atoms with Gasteiger partial charge in [0.2, 0.25) is 11.8 Å². The lowest BCUT2D eigenvalue weighted by Gasteiger charge is -2.35. The predicted octanol–water partition coefficient (Wildman–Crippen LogP) is 3.32. The molecule has 0 spiro atoms. The van der Waals surface area contributed by atoms with E-state index in [1.165, 1.54) is 20.7 Å². The number of amides is 3. The molecular weight excluding hydrogens is 544 g/mol. The Bertz CT molecular complexity index is 1360. The molecule has 1 saturated heterocycles. The molecule has 10 nitrogen and oxygen atoms in total. The molecule has 3 atom stereocenters. The number of aliphatic hydroxyl groups excluding tert-OH is 1. The van der Waals surface area contributed by atoms with Crippen LogP contribution in [0.5, 0.6) is 0 Å². The van der Waals surface area contributed by atoms with Gasteiger partial charge in [-0.3, -0.25) is 14.4 Å². The van der Waals surface area contributed by atoms with Gasteiger partial charge < -0.3 is 29.9 Å². The lowest BCUT2D eigenvalue weighted by atomic mass is 9.85. The molecule has 3 N–H and O–H groups in total. The molecule has 1 aliphatic heterocycles. The molecule has 3 aromatic rings. The van der Waals surface area contributed by atoms with E-state index < -0.39 is 35.4 Å². The number of aliphatic hydroxyl groups is 1. The summed E-state index contributed by atoms with van der Waals surface area (Å²) in [7, 11) is 1.57. The van der Waals surface area contributed by atoms with Gasteiger partial charge in [-0.25, -0.2) is 0 Å². The number of rotatable bonds is 10. The number of ether oxygens (including phenoxy) is 1. The number of carbonyl (C=O) groups excluding carboxylic acids is 3. The molecule has 3 amide bonds. The number of β-amino-alcohol motifs (C(OH)–C–C–N with tert-alkyl or cyclic N) is 1. The summed E-state index contributed by atoms with van der Waals surface area (Å²) in [5.74, 6) is -0.869. The molecule has 1 fully saturated rings. The smallest absolute Gasteiger partial charge is 0.274 e. The van der Waals surface area contributed by atoms with Gasteiger partial charge in [0.1, 0.15) is 17.8 Å². The summed E-state index contributed by atoms with van der Waals surface area (Å²) in [6.07, 6.45) is -0.275. The van der Waals surface area contributed by atoms with Gasteiger partial charge in [-0.1, -0.05) is 50.2 Å². The topological polar surface area (TPSA) is 134 Å². The van der Waals surface area contributed by atoms with Crippen molar-refractivity contribution in [1.82, 2.24) is 20.7 Å². The van der Waals surface area contributed by atoms with Gasteiger partial charge in [0.15, 0.2) is 5.69 Å². The highest BCUT2D eigenvalue weighted by Crippen LogP contribution is 2.28. The minimum absolute atomic E-state index is 0.000571. The average Bonchev–Trinajstić information content (AvgIpc) is 3.68. The van der Waals surface area contributed by atoms with E-state index in [2.05, 4.69) is 34.8 Å². The number of nitrogens with zero attached hydrogens (tertiary/aromatic N) is 2. The predicted molar refractivity (Wildman–Crippen MR) is 155 cm³/mol. The van der Waals surface area contributed by atoms with Crippen LogP contribution in [0.25, 0.3) is 10.4 Å². The van der Waals surface area contributed by atoms with Crippen molar-refractivity contribution in [2.75, 3.05) is 20.3 Å². The van der Waals surface area contributed by atoms with Crippen molar-refractivity contribution in [3.63, 3.8) is 0 Å². The third-order valence-electron chi connectivity index (χ3n) is 7.04. The number of carbonyl (C=O) groups is 3. The molecule has 1 aromatic carbocycles. The monoisotopic (exact) mass is 582 g/mol. The van der Waals surface area contributed by atoms with Crippen molar-refractivity contribution in [3.05, 3.63) is 64.4 Å². The summed E-state index contributed by atoms with van der Waals surface area (Å²) < 4.78 is 10.2. The fourth-order valence-corrected chi connectivity index (χ4v) is 5.62. The lowest BCUT2D eigenvalue weighted by molar-refractivity contribution is -0.142. The minimum Gasteiger partial charge on any atom is -0.391 e. The Balaban J connectivity index is 1.41. The zero-order valence-corrected chi connectivity index (χ0v) is 24.9. The highest BCUT2D eigenvalue weighted by atomic mass is 32.1. The third-order valence-corrected chi connectivity index (χ3v) is 8.09. The van der Waals surface area contributed by atoms with Crippen LogP contribution < -0.4 is 10.6 Å². The fraction of sp³-hybridized carbons (Fsp3) is 0.467. The van der Waals surface area contributed by atoms with Crippen molar-refractivity contribution in [3.8, 4) is 10.4 Å². The fourth-order valence-electron chi connectivity index (χ4n) is 4.75. The summed E-state index contributed by atoms with van der Waals surface area (Å²) >= 11 is 1.72. The Morgan fingerprint density at radius 2 is 1.93 bits per heavy atom. The molecule has 1 aliphatic rings. The lowest BCUT2D eigenvalue weighted by Crippen LogP contribution is -2.57. The SMILES string of the molecule is COCCc1cc(C(=O)N[C@H](C(=O)N2C[C@H](O)C[C@H]2C(=O)NCc2ccc(-c3ccc(C)s3)cc2)C(C)(C)C)no1. The van der Waals surface area contributed by atoms with Crippen LogP contribution >= 0.6 is 11.3 Å². The maximum absolute atomic E-state index is 13.8. The van der Waals surface area contributed by atoms with Crippen LogP contribution in [0.4, 0.5) is 0 Å². The summed E-state index contributed by atoms with van der Waals surface area (Å²) in [5, 5.41) is 19.9. The van der Waals surface area contributed by atoms with E-state index in [9.17, 15) is 19.5 Å². The van der Waals surface area contributed by atoms with Crippen molar-refractivity contribution in [2.24, 2.45) is 5.41 Å². The van der Waals surface area contributed by atoms with Crippen LogP contribution in [0.15, 0.2) is 47.0 Å². The van der Waals surface area contributed by atoms with Crippen molar-refractivity contribution < 1.29 is 28.8 Å². The van der Waals surface area contributed by atoms with E-state index in [0.717, 1.165) is 11.1 Å². The average molecular weight is 583 g/mol. The first-order valence-corrected chi connectivity index (χ1v) is 14.5. The van der Waals surface area contributed by atoms with Gasteiger partial charge in [-0.2, -0.15) is 0 Å². The number of hydrogen-bond donors (Lipinski definition) is 3. The van der Waals surface area contributed by atoms with Crippen molar-refractivity contribution >= 4 is 29.1 Å². The zero-order valence-electron chi connectivity index (χ0n) is 24.1. The second-order valence-electron chi connectivity index (χ2n) is 11.4. The Hall–Kier alpha value is -3.54. The number of hydrogen-bond acceptors (Lipinski definition) is 8. The second kappa shape index (κ2) is 13.0. The Labute approximate surface area is 244 Å². The molecule has 3 heterocycles. The quantitative estimate of drug-likeness (QED) is 0.334. The minimum atomic E-state index is -0.969. The van der Waals surface area contributed by atoms with Gasteiger partial charge in [-0.15, -0.1) is 11.3 Å². The van der Waals surface area contributed by atoms with Gasteiger partial charge in [-0.05, 0) is 35.6 Å².